The van der Waals surface area contributed by atoms with E-state index in [-0.39, 0.29) is 19.5 Å². The van der Waals surface area contributed by atoms with Crippen LogP contribution in [0.4, 0.5) is 20.7 Å². The Bertz CT molecular complexity index is 1320. The van der Waals surface area contributed by atoms with E-state index < -0.39 is 5.82 Å². The Hall–Kier alpha value is -4.30. The Balaban J connectivity index is 1.26. The molecule has 0 unspecified atom stereocenters. The maximum Gasteiger partial charge on any atom is 0.410 e. The second kappa shape index (κ2) is 11.4. The molecule has 0 spiro atoms. The number of anilines is 2. The van der Waals surface area contributed by atoms with Crippen molar-refractivity contribution in [2.75, 3.05) is 56.4 Å². The predicted molar refractivity (Wildman–Crippen MR) is 137 cm³/mol. The minimum Gasteiger partial charge on any atom is -0.465 e. The average Bonchev–Trinajstić information content (AvgIpc) is 3.33. The molecular formula is C27H29FN6O4. The second-order valence-corrected chi connectivity index (χ2v) is 9.04. The normalized spacial score (nSPS) is 15.1. The van der Waals surface area contributed by atoms with Gasteiger partial charge in [0.1, 0.15) is 41.6 Å². The fourth-order valence-corrected chi connectivity index (χ4v) is 4.85. The van der Waals surface area contributed by atoms with Crippen LogP contribution in [-0.2, 0) is 29.2 Å². The largest absolute Gasteiger partial charge is 0.465 e. The number of carbonyl (C=O) groups excluding carboxylic acids is 1. The average molecular weight is 521 g/mol. The van der Waals surface area contributed by atoms with Crippen molar-refractivity contribution in [1.29, 1.82) is 5.26 Å². The molecule has 1 saturated heterocycles. The number of aromatic nitrogens is 2. The first-order valence-electron chi connectivity index (χ1n) is 12.4. The van der Waals surface area contributed by atoms with E-state index in [2.05, 4.69) is 16.0 Å². The van der Waals surface area contributed by atoms with Gasteiger partial charge < -0.3 is 33.5 Å². The molecule has 0 aliphatic carbocycles. The lowest BCUT2D eigenvalue weighted by molar-refractivity contribution is 0.0512. The molecule has 1 fully saturated rings. The van der Waals surface area contributed by atoms with Crippen molar-refractivity contribution in [2.24, 2.45) is 0 Å². The molecule has 0 bridgehead atoms. The van der Waals surface area contributed by atoms with Gasteiger partial charge in [0.05, 0.1) is 6.54 Å². The monoisotopic (exact) mass is 520 g/mol. The van der Waals surface area contributed by atoms with Crippen molar-refractivity contribution >= 4 is 17.6 Å². The molecule has 11 heteroatoms. The molecule has 0 radical (unpaired) electrons. The summed E-state index contributed by atoms with van der Waals surface area (Å²) in [7, 11) is 1.51. The van der Waals surface area contributed by atoms with Crippen molar-refractivity contribution in [2.45, 2.75) is 19.7 Å². The van der Waals surface area contributed by atoms with Crippen molar-refractivity contribution < 1.29 is 23.4 Å². The smallest absolute Gasteiger partial charge is 0.410 e. The number of carbonyl (C=O) groups is 1. The third-order valence-electron chi connectivity index (χ3n) is 6.69. The first-order valence-corrected chi connectivity index (χ1v) is 12.4. The van der Waals surface area contributed by atoms with E-state index in [1.54, 1.807) is 17.0 Å². The van der Waals surface area contributed by atoms with Gasteiger partial charge in [-0.25, -0.2) is 14.2 Å². The van der Waals surface area contributed by atoms with Crippen molar-refractivity contribution in [3.63, 3.8) is 0 Å². The Labute approximate surface area is 220 Å². The van der Waals surface area contributed by atoms with Crippen molar-refractivity contribution in [3.05, 3.63) is 71.4 Å². The third-order valence-corrected chi connectivity index (χ3v) is 6.69. The van der Waals surface area contributed by atoms with Gasteiger partial charge in [0.2, 0.25) is 0 Å². The highest BCUT2D eigenvalue weighted by molar-refractivity contribution is 5.68. The fraction of sp³-hybridized carbons (Fsp3) is 0.370. The lowest BCUT2D eigenvalue weighted by Crippen LogP contribution is -2.50. The molecule has 0 atom stereocenters. The number of rotatable bonds is 7. The van der Waals surface area contributed by atoms with E-state index in [0.717, 1.165) is 11.4 Å². The summed E-state index contributed by atoms with van der Waals surface area (Å²) in [5.74, 6) is 1.41. The second-order valence-electron chi connectivity index (χ2n) is 9.04. The fourth-order valence-electron chi connectivity index (χ4n) is 4.85. The van der Waals surface area contributed by atoms with E-state index in [4.69, 9.17) is 14.2 Å². The highest BCUT2D eigenvalue weighted by Gasteiger charge is 2.31. The van der Waals surface area contributed by atoms with Crippen molar-refractivity contribution in [3.8, 4) is 11.8 Å². The zero-order valence-electron chi connectivity index (χ0n) is 21.2. The van der Waals surface area contributed by atoms with Gasteiger partial charge in [0.25, 0.3) is 0 Å². The van der Waals surface area contributed by atoms with Gasteiger partial charge in [0, 0.05) is 46.4 Å². The van der Waals surface area contributed by atoms with Crippen LogP contribution in [0, 0.1) is 17.1 Å². The maximum absolute atomic E-state index is 14.8. The lowest BCUT2D eigenvalue weighted by Gasteiger charge is -2.37. The number of para-hydroxylation sites is 1. The number of ether oxygens (including phenoxy) is 3. The number of piperazine rings is 1. The van der Waals surface area contributed by atoms with Gasteiger partial charge in [-0.2, -0.15) is 5.26 Å². The highest BCUT2D eigenvalue weighted by Crippen LogP contribution is 2.35. The quantitative estimate of drug-likeness (QED) is 0.438. The molecule has 3 aromatic rings. The molecule has 5 rings (SSSR count). The molecule has 0 saturated carbocycles. The van der Waals surface area contributed by atoms with Crippen LogP contribution >= 0.6 is 0 Å². The zero-order chi connectivity index (χ0) is 26.5. The molecule has 1 amide bonds. The Morgan fingerprint density at radius 3 is 2.53 bits per heavy atom. The molecule has 2 aliphatic rings. The summed E-state index contributed by atoms with van der Waals surface area (Å²) in [6.45, 7) is 3.64. The van der Waals surface area contributed by atoms with Crippen molar-refractivity contribution in [1.82, 2.24) is 14.5 Å². The summed E-state index contributed by atoms with van der Waals surface area (Å²) in [5, 5.41) is 9.84. The summed E-state index contributed by atoms with van der Waals surface area (Å²) in [6, 6.07) is 16.5. The molecule has 3 heterocycles. The molecular weight excluding hydrogens is 491 g/mol. The van der Waals surface area contributed by atoms with Crippen LogP contribution in [0.1, 0.15) is 17.1 Å². The van der Waals surface area contributed by atoms with Gasteiger partial charge in [-0.15, -0.1) is 0 Å². The van der Waals surface area contributed by atoms with Gasteiger partial charge >= 0.3 is 6.09 Å². The minimum atomic E-state index is -0.394. The number of hydrogen-bond donors (Lipinski definition) is 0. The number of methoxy groups -OCH3 is 1. The molecule has 1 aromatic heterocycles. The summed E-state index contributed by atoms with van der Waals surface area (Å²) in [6.07, 6.45) is -0.351. The van der Waals surface area contributed by atoms with Crippen LogP contribution in [0.5, 0.6) is 5.75 Å². The third kappa shape index (κ3) is 5.21. The summed E-state index contributed by atoms with van der Waals surface area (Å²) < 4.78 is 32.9. The van der Waals surface area contributed by atoms with Crippen LogP contribution in [0.3, 0.4) is 0 Å². The van der Waals surface area contributed by atoms with E-state index in [1.165, 1.54) is 13.2 Å². The first kappa shape index (κ1) is 25.4. The van der Waals surface area contributed by atoms with Crippen LogP contribution in [0.25, 0.3) is 0 Å². The number of fused-ring (bicyclic) bond motifs is 1. The molecule has 2 aromatic carbocycles. The van der Waals surface area contributed by atoms with Gasteiger partial charge in [-0.05, 0) is 17.7 Å². The molecule has 38 heavy (non-hydrogen) atoms. The van der Waals surface area contributed by atoms with Gasteiger partial charge in [-0.1, -0.05) is 36.4 Å². The van der Waals surface area contributed by atoms with E-state index >= 15 is 0 Å². The minimum absolute atomic E-state index is 0.00737. The number of halogens is 1. The van der Waals surface area contributed by atoms with E-state index in [1.807, 2.05) is 39.8 Å². The van der Waals surface area contributed by atoms with Gasteiger partial charge in [-0.3, -0.25) is 0 Å². The SMILES string of the molecule is COCOc1cccc(F)c1N1CCn2c(nc(C#N)c2N2CCN(C(=O)OCc3ccccc3)CC2)C1. The Kier molecular flexibility index (Phi) is 7.60. The standard InChI is InChI=1S/C27H29FN6O4/c1-36-19-38-23-9-5-8-21(28)25(23)33-14-15-34-24(17-33)30-22(16-29)26(34)31-10-12-32(13-11-31)27(35)37-18-20-6-3-2-4-7-20/h2-9H,10-15,17-19H2,1H3. The number of imidazole rings is 1. The number of amides is 1. The van der Waals surface area contributed by atoms with Gasteiger partial charge in [0.15, 0.2) is 12.5 Å². The zero-order valence-corrected chi connectivity index (χ0v) is 21.2. The predicted octanol–water partition coefficient (Wildman–Crippen LogP) is 3.36. The molecule has 10 nitrogen and oxygen atoms in total. The number of benzene rings is 2. The topological polar surface area (TPSA) is 96.1 Å². The summed E-state index contributed by atoms with van der Waals surface area (Å²) in [5.41, 5.74) is 1.61. The Morgan fingerprint density at radius 2 is 1.79 bits per heavy atom. The Morgan fingerprint density at radius 1 is 1.03 bits per heavy atom. The highest BCUT2D eigenvalue weighted by atomic mass is 19.1. The number of nitrogens with zero attached hydrogens (tertiary/aromatic N) is 6. The maximum atomic E-state index is 14.8. The van der Waals surface area contributed by atoms with Crippen LogP contribution < -0.4 is 14.5 Å². The summed E-state index contributed by atoms with van der Waals surface area (Å²) in [4.78, 5) is 22.8. The number of nitriles is 1. The molecule has 198 valence electrons. The van der Waals surface area contributed by atoms with E-state index in [9.17, 15) is 14.4 Å². The van der Waals surface area contributed by atoms with Crippen LogP contribution in [0.15, 0.2) is 48.5 Å². The summed E-state index contributed by atoms with van der Waals surface area (Å²) >= 11 is 0. The number of hydrogen-bond acceptors (Lipinski definition) is 8. The molecule has 2 aliphatic heterocycles. The van der Waals surface area contributed by atoms with Crippen LogP contribution in [-0.4, -0.2) is 67.2 Å². The van der Waals surface area contributed by atoms with Crippen LogP contribution in [0.2, 0.25) is 0 Å². The molecule has 0 N–H and O–H groups in total. The lowest BCUT2D eigenvalue weighted by atomic mass is 10.2. The van der Waals surface area contributed by atoms with E-state index in [0.29, 0.717) is 68.8 Å². The first-order chi connectivity index (χ1) is 18.6.